The van der Waals surface area contributed by atoms with E-state index in [0.29, 0.717) is 0 Å². The van der Waals surface area contributed by atoms with Gasteiger partial charge in [0.2, 0.25) is 0 Å². The largest absolute Gasteiger partial charge is 0.496 e. The van der Waals surface area contributed by atoms with E-state index in [0.717, 1.165) is 35.9 Å². The molecule has 0 spiro atoms. The van der Waals surface area contributed by atoms with Crippen LogP contribution in [0.4, 0.5) is 0 Å². The number of aromatic nitrogens is 1. The molecular formula is C16H26N2O. The van der Waals surface area contributed by atoms with Crippen molar-refractivity contribution in [3.05, 3.63) is 23.0 Å². The fourth-order valence-electron chi connectivity index (χ4n) is 3.52. The molecule has 0 saturated heterocycles. The van der Waals surface area contributed by atoms with Crippen LogP contribution in [0.3, 0.4) is 0 Å². The fraction of sp³-hybridized carbons (Fsp3) is 0.688. The molecule has 19 heavy (non-hydrogen) atoms. The minimum Gasteiger partial charge on any atom is -0.496 e. The van der Waals surface area contributed by atoms with Crippen LogP contribution >= 0.6 is 0 Å². The molecule has 3 heteroatoms. The van der Waals surface area contributed by atoms with Crippen LogP contribution in [0.2, 0.25) is 0 Å². The highest BCUT2D eigenvalue weighted by atomic mass is 16.5. The molecule has 2 atom stereocenters. The van der Waals surface area contributed by atoms with Gasteiger partial charge < -0.3 is 10.5 Å². The van der Waals surface area contributed by atoms with Gasteiger partial charge in [0.25, 0.3) is 0 Å². The van der Waals surface area contributed by atoms with E-state index < -0.39 is 0 Å². The van der Waals surface area contributed by atoms with E-state index in [9.17, 15) is 0 Å². The lowest BCUT2D eigenvalue weighted by Crippen LogP contribution is -2.31. The van der Waals surface area contributed by atoms with Gasteiger partial charge in [-0.25, -0.2) is 0 Å². The molecule has 0 aliphatic heterocycles. The SMILES string of the molecule is COc1c(C)cnc(CC2(CN)CCC(C)C2)c1C. The van der Waals surface area contributed by atoms with Crippen molar-refractivity contribution in [2.45, 2.75) is 46.5 Å². The summed E-state index contributed by atoms with van der Waals surface area (Å²) >= 11 is 0. The highest BCUT2D eigenvalue weighted by Gasteiger charge is 2.37. The van der Waals surface area contributed by atoms with Gasteiger partial charge in [-0.15, -0.1) is 0 Å². The number of methoxy groups -OCH3 is 1. The average molecular weight is 262 g/mol. The quantitative estimate of drug-likeness (QED) is 0.907. The fourth-order valence-corrected chi connectivity index (χ4v) is 3.52. The van der Waals surface area contributed by atoms with Crippen molar-refractivity contribution < 1.29 is 4.74 Å². The minimum absolute atomic E-state index is 0.247. The maximum Gasteiger partial charge on any atom is 0.128 e. The summed E-state index contributed by atoms with van der Waals surface area (Å²) in [5.74, 6) is 1.76. The molecule has 1 saturated carbocycles. The number of hydrogen-bond acceptors (Lipinski definition) is 3. The lowest BCUT2D eigenvalue weighted by atomic mass is 9.80. The van der Waals surface area contributed by atoms with E-state index in [4.69, 9.17) is 10.5 Å². The van der Waals surface area contributed by atoms with Crippen LogP contribution in [0.1, 0.15) is 43.0 Å². The predicted octanol–water partition coefficient (Wildman–Crippen LogP) is 3.01. The second-order valence-electron chi connectivity index (χ2n) is 6.28. The number of hydrogen-bond donors (Lipinski definition) is 1. The van der Waals surface area contributed by atoms with Crippen molar-refractivity contribution in [1.29, 1.82) is 0 Å². The average Bonchev–Trinajstić information content (AvgIpc) is 2.76. The Kier molecular flexibility index (Phi) is 4.14. The summed E-state index contributed by atoms with van der Waals surface area (Å²) < 4.78 is 5.50. The zero-order chi connectivity index (χ0) is 14.0. The topological polar surface area (TPSA) is 48.1 Å². The monoisotopic (exact) mass is 262 g/mol. The molecule has 2 N–H and O–H groups in total. The predicted molar refractivity (Wildman–Crippen MR) is 78.5 cm³/mol. The van der Waals surface area contributed by atoms with Crippen molar-refractivity contribution in [1.82, 2.24) is 4.98 Å². The highest BCUT2D eigenvalue weighted by molar-refractivity contribution is 5.41. The van der Waals surface area contributed by atoms with Crippen molar-refractivity contribution in [2.75, 3.05) is 13.7 Å². The van der Waals surface area contributed by atoms with E-state index >= 15 is 0 Å². The summed E-state index contributed by atoms with van der Waals surface area (Å²) in [4.78, 5) is 4.63. The number of rotatable bonds is 4. The van der Waals surface area contributed by atoms with Gasteiger partial charge in [-0.3, -0.25) is 4.98 Å². The number of pyridine rings is 1. The molecule has 2 unspecified atom stereocenters. The third-order valence-electron chi connectivity index (χ3n) is 4.67. The van der Waals surface area contributed by atoms with Gasteiger partial charge >= 0.3 is 0 Å². The Labute approximate surface area is 116 Å². The smallest absolute Gasteiger partial charge is 0.128 e. The van der Waals surface area contributed by atoms with Crippen molar-refractivity contribution in [3.63, 3.8) is 0 Å². The number of ether oxygens (including phenoxy) is 1. The summed E-state index contributed by atoms with van der Waals surface area (Å²) in [6.07, 6.45) is 6.64. The van der Waals surface area contributed by atoms with Gasteiger partial charge in [-0.1, -0.05) is 13.3 Å². The first kappa shape index (κ1) is 14.3. The third kappa shape index (κ3) is 2.76. The maximum absolute atomic E-state index is 6.07. The zero-order valence-corrected chi connectivity index (χ0v) is 12.6. The Morgan fingerprint density at radius 1 is 1.47 bits per heavy atom. The Morgan fingerprint density at radius 2 is 2.21 bits per heavy atom. The van der Waals surface area contributed by atoms with Crippen LogP contribution in [-0.4, -0.2) is 18.6 Å². The standard InChI is InChI=1S/C16H26N2O/c1-11-5-6-16(7-11,10-17)8-14-13(3)15(19-4)12(2)9-18-14/h9,11H,5-8,10,17H2,1-4H3. The van der Waals surface area contributed by atoms with Gasteiger partial charge in [-0.05, 0) is 51.0 Å². The van der Waals surface area contributed by atoms with Gasteiger partial charge in [0, 0.05) is 23.0 Å². The van der Waals surface area contributed by atoms with E-state index in [1.807, 2.05) is 13.1 Å². The lowest BCUT2D eigenvalue weighted by Gasteiger charge is -2.28. The summed E-state index contributed by atoms with van der Waals surface area (Å²) in [6.45, 7) is 7.23. The molecule has 0 radical (unpaired) electrons. The molecule has 2 rings (SSSR count). The highest BCUT2D eigenvalue weighted by Crippen LogP contribution is 2.44. The molecule has 0 bridgehead atoms. The Hall–Kier alpha value is -1.09. The molecule has 0 aromatic carbocycles. The molecule has 1 fully saturated rings. The number of nitrogens with two attached hydrogens (primary N) is 1. The molecule has 1 heterocycles. The molecule has 1 aliphatic carbocycles. The van der Waals surface area contributed by atoms with Crippen LogP contribution in [0.25, 0.3) is 0 Å². The first-order chi connectivity index (χ1) is 9.01. The van der Waals surface area contributed by atoms with E-state index in [1.165, 1.54) is 24.8 Å². The zero-order valence-electron chi connectivity index (χ0n) is 12.6. The van der Waals surface area contributed by atoms with Crippen molar-refractivity contribution >= 4 is 0 Å². The Morgan fingerprint density at radius 3 is 2.74 bits per heavy atom. The molecule has 106 valence electrons. The number of aryl methyl sites for hydroxylation is 1. The second-order valence-corrected chi connectivity index (χ2v) is 6.28. The Balaban J connectivity index is 2.28. The molecule has 0 amide bonds. The first-order valence-electron chi connectivity index (χ1n) is 7.20. The van der Waals surface area contributed by atoms with Crippen LogP contribution in [0.5, 0.6) is 5.75 Å². The Bertz CT molecular complexity index is 458. The first-order valence-corrected chi connectivity index (χ1v) is 7.20. The number of nitrogens with zero attached hydrogens (tertiary/aromatic N) is 1. The van der Waals surface area contributed by atoms with E-state index in [2.05, 4.69) is 18.8 Å². The van der Waals surface area contributed by atoms with Gasteiger partial charge in [0.1, 0.15) is 5.75 Å². The van der Waals surface area contributed by atoms with E-state index in [1.54, 1.807) is 7.11 Å². The molecule has 1 aliphatic rings. The summed E-state index contributed by atoms with van der Waals surface area (Å²) in [6, 6.07) is 0. The summed E-state index contributed by atoms with van der Waals surface area (Å²) in [7, 11) is 1.73. The van der Waals surface area contributed by atoms with Gasteiger partial charge in [0.15, 0.2) is 0 Å². The van der Waals surface area contributed by atoms with Crippen molar-refractivity contribution in [3.8, 4) is 5.75 Å². The lowest BCUT2D eigenvalue weighted by molar-refractivity contribution is 0.291. The summed E-state index contributed by atoms with van der Waals surface area (Å²) in [5.41, 5.74) is 9.75. The molecule has 3 nitrogen and oxygen atoms in total. The minimum atomic E-state index is 0.247. The van der Waals surface area contributed by atoms with Crippen LogP contribution in [0.15, 0.2) is 6.20 Å². The normalized spacial score (nSPS) is 26.7. The van der Waals surface area contributed by atoms with Gasteiger partial charge in [-0.2, -0.15) is 0 Å². The maximum atomic E-state index is 6.07. The third-order valence-corrected chi connectivity index (χ3v) is 4.67. The van der Waals surface area contributed by atoms with Crippen molar-refractivity contribution in [2.24, 2.45) is 17.1 Å². The molecule has 1 aromatic heterocycles. The van der Waals surface area contributed by atoms with Crippen LogP contribution in [0, 0.1) is 25.2 Å². The molecule has 1 aromatic rings. The second kappa shape index (κ2) is 5.49. The summed E-state index contributed by atoms with van der Waals surface area (Å²) in [5, 5.41) is 0. The van der Waals surface area contributed by atoms with Crippen LogP contribution in [-0.2, 0) is 6.42 Å². The van der Waals surface area contributed by atoms with E-state index in [-0.39, 0.29) is 5.41 Å². The van der Waals surface area contributed by atoms with Gasteiger partial charge in [0.05, 0.1) is 7.11 Å². The molecular weight excluding hydrogens is 236 g/mol. The van der Waals surface area contributed by atoms with Crippen LogP contribution < -0.4 is 10.5 Å².